The van der Waals surface area contributed by atoms with Crippen LogP contribution in [0.25, 0.3) is 0 Å². The van der Waals surface area contributed by atoms with Gasteiger partial charge >= 0.3 is 0 Å². The Kier molecular flexibility index (Phi) is 7.59. The second kappa shape index (κ2) is 10.8. The fourth-order valence-corrected chi connectivity index (χ4v) is 7.51. The van der Waals surface area contributed by atoms with Crippen LogP contribution >= 0.6 is 0 Å². The molecule has 33 heavy (non-hydrogen) atoms. The first-order valence-electron chi connectivity index (χ1n) is 14.0. The molecule has 0 unspecified atom stereocenters. The van der Waals surface area contributed by atoms with Crippen molar-refractivity contribution in [3.8, 4) is 5.75 Å². The van der Waals surface area contributed by atoms with Crippen LogP contribution in [0.1, 0.15) is 101 Å². The van der Waals surface area contributed by atoms with E-state index >= 15 is 0 Å². The minimum atomic E-state index is 0.288. The Morgan fingerprint density at radius 2 is 1.58 bits per heavy atom. The molecule has 5 rings (SSSR count). The Bertz CT molecular complexity index is 770. The van der Waals surface area contributed by atoms with E-state index < -0.39 is 0 Å². The van der Waals surface area contributed by atoms with Crippen molar-refractivity contribution >= 4 is 5.91 Å². The predicted octanol–water partition coefficient (Wildman–Crippen LogP) is 6.09. The molecule has 3 atom stereocenters. The van der Waals surface area contributed by atoms with Crippen molar-refractivity contribution in [3.63, 3.8) is 0 Å². The van der Waals surface area contributed by atoms with Gasteiger partial charge in [0.05, 0.1) is 0 Å². The van der Waals surface area contributed by atoms with Crippen molar-refractivity contribution in [2.45, 2.75) is 108 Å². The number of carbonyl (C=O) groups excluding carboxylic acids is 1. The van der Waals surface area contributed by atoms with Crippen molar-refractivity contribution in [2.24, 2.45) is 11.8 Å². The van der Waals surface area contributed by atoms with E-state index in [2.05, 4.69) is 15.9 Å². The molecule has 2 bridgehead atoms. The molecule has 2 saturated carbocycles. The highest BCUT2D eigenvalue weighted by molar-refractivity contribution is 5.79. The van der Waals surface area contributed by atoms with Gasteiger partial charge in [0.25, 0.3) is 0 Å². The van der Waals surface area contributed by atoms with E-state index in [1.54, 1.807) is 6.07 Å². The molecule has 4 aliphatic rings. The van der Waals surface area contributed by atoms with Gasteiger partial charge in [-0.3, -0.25) is 9.69 Å². The van der Waals surface area contributed by atoms with E-state index in [9.17, 15) is 9.90 Å². The number of piperidine rings is 1. The molecule has 1 aromatic carbocycles. The molecule has 4 nitrogen and oxygen atoms in total. The van der Waals surface area contributed by atoms with Gasteiger partial charge in [0, 0.05) is 37.6 Å². The van der Waals surface area contributed by atoms with Gasteiger partial charge in [-0.2, -0.15) is 0 Å². The molecule has 1 aromatic rings. The lowest BCUT2D eigenvalue weighted by atomic mass is 9.85. The second-order valence-corrected chi connectivity index (χ2v) is 11.5. The number of rotatable bonds is 7. The minimum absolute atomic E-state index is 0.288. The number of phenols is 1. The van der Waals surface area contributed by atoms with Crippen LogP contribution in [0.2, 0.25) is 0 Å². The summed E-state index contributed by atoms with van der Waals surface area (Å²) in [7, 11) is 0. The SMILES string of the molecule is O=C(C1CCCCC1)N(CCN1[C@@H]2CC[C@H]1C[C@@H](c1cccc(O)c1)C2)CC1CCCCC1. The van der Waals surface area contributed by atoms with Crippen molar-refractivity contribution in [3.05, 3.63) is 29.8 Å². The zero-order chi connectivity index (χ0) is 22.6. The molecule has 2 heterocycles. The van der Waals surface area contributed by atoms with Gasteiger partial charge in [-0.25, -0.2) is 0 Å². The Hall–Kier alpha value is -1.55. The maximum atomic E-state index is 13.6. The molecule has 1 amide bonds. The highest BCUT2D eigenvalue weighted by Crippen LogP contribution is 2.43. The summed E-state index contributed by atoms with van der Waals surface area (Å²) >= 11 is 0. The monoisotopic (exact) mass is 452 g/mol. The van der Waals surface area contributed by atoms with Crippen LogP contribution in [0, 0.1) is 11.8 Å². The molecule has 182 valence electrons. The highest BCUT2D eigenvalue weighted by atomic mass is 16.3. The number of carbonyl (C=O) groups is 1. The smallest absolute Gasteiger partial charge is 0.225 e. The van der Waals surface area contributed by atoms with Gasteiger partial charge in [-0.1, -0.05) is 50.7 Å². The lowest BCUT2D eigenvalue weighted by Crippen LogP contribution is -2.49. The van der Waals surface area contributed by atoms with Crippen LogP contribution in [0.3, 0.4) is 0 Å². The van der Waals surface area contributed by atoms with Gasteiger partial charge in [0.2, 0.25) is 5.91 Å². The summed E-state index contributed by atoms with van der Waals surface area (Å²) in [4.78, 5) is 18.6. The first kappa shape index (κ1) is 23.2. The average Bonchev–Trinajstić information content (AvgIpc) is 3.08. The summed E-state index contributed by atoms with van der Waals surface area (Å²) in [6, 6.07) is 9.19. The molecule has 2 aliphatic carbocycles. The lowest BCUT2D eigenvalue weighted by Gasteiger charge is -2.41. The number of amides is 1. The van der Waals surface area contributed by atoms with Crippen molar-refractivity contribution in [1.29, 1.82) is 0 Å². The number of fused-ring (bicyclic) bond motifs is 2. The quantitative estimate of drug-likeness (QED) is 0.544. The third kappa shape index (κ3) is 5.58. The fraction of sp³-hybridized carbons (Fsp3) is 0.759. The van der Waals surface area contributed by atoms with E-state index in [1.807, 2.05) is 12.1 Å². The Balaban J connectivity index is 1.21. The predicted molar refractivity (Wildman–Crippen MR) is 133 cm³/mol. The van der Waals surface area contributed by atoms with Crippen LogP contribution < -0.4 is 0 Å². The van der Waals surface area contributed by atoms with Gasteiger partial charge in [-0.05, 0) is 80.9 Å². The number of benzene rings is 1. The minimum Gasteiger partial charge on any atom is -0.508 e. The van der Waals surface area contributed by atoms with E-state index in [-0.39, 0.29) is 5.92 Å². The fourth-order valence-electron chi connectivity index (χ4n) is 7.51. The summed E-state index contributed by atoms with van der Waals surface area (Å²) in [5.74, 6) is 2.44. The summed E-state index contributed by atoms with van der Waals surface area (Å²) in [5.41, 5.74) is 1.30. The zero-order valence-corrected chi connectivity index (χ0v) is 20.5. The maximum Gasteiger partial charge on any atom is 0.225 e. The molecule has 0 aromatic heterocycles. The summed E-state index contributed by atoms with van der Waals surface area (Å²) in [6.07, 6.45) is 17.7. The van der Waals surface area contributed by atoms with Crippen LogP contribution in [-0.2, 0) is 4.79 Å². The number of phenolic OH excluding ortho intramolecular Hbond substituents is 1. The second-order valence-electron chi connectivity index (χ2n) is 11.5. The number of aromatic hydroxyl groups is 1. The number of hydrogen-bond acceptors (Lipinski definition) is 3. The number of hydrogen-bond donors (Lipinski definition) is 1. The Morgan fingerprint density at radius 1 is 0.909 bits per heavy atom. The van der Waals surface area contributed by atoms with Crippen LogP contribution in [0.4, 0.5) is 0 Å². The first-order valence-corrected chi connectivity index (χ1v) is 14.0. The topological polar surface area (TPSA) is 43.8 Å². The summed E-state index contributed by atoms with van der Waals surface area (Å²) in [5, 5.41) is 9.93. The number of nitrogens with zero attached hydrogens (tertiary/aromatic N) is 2. The maximum absolute atomic E-state index is 13.6. The first-order chi connectivity index (χ1) is 16.2. The van der Waals surface area contributed by atoms with Crippen LogP contribution in [0.15, 0.2) is 24.3 Å². The molecule has 2 aliphatic heterocycles. The zero-order valence-electron chi connectivity index (χ0n) is 20.5. The largest absolute Gasteiger partial charge is 0.508 e. The average molecular weight is 453 g/mol. The third-order valence-electron chi connectivity index (χ3n) is 9.32. The Morgan fingerprint density at radius 3 is 2.24 bits per heavy atom. The standard InChI is InChI=1S/C29H44N2O2/c32-28-13-7-12-24(20-28)25-18-26-14-15-27(19-25)31(26)17-16-30(21-22-8-3-1-4-9-22)29(33)23-10-5-2-6-11-23/h7,12-13,20,22-23,25-27,32H,1-6,8-11,14-19,21H2/t25-,26+,27-. The van der Waals surface area contributed by atoms with Crippen LogP contribution in [0.5, 0.6) is 5.75 Å². The summed E-state index contributed by atoms with van der Waals surface area (Å²) in [6.45, 7) is 2.98. The van der Waals surface area contributed by atoms with Gasteiger partial charge in [0.1, 0.15) is 5.75 Å². The third-order valence-corrected chi connectivity index (χ3v) is 9.32. The molecule has 1 N–H and O–H groups in total. The van der Waals surface area contributed by atoms with Crippen LogP contribution in [-0.4, -0.2) is 52.5 Å². The summed E-state index contributed by atoms with van der Waals surface area (Å²) < 4.78 is 0. The van der Waals surface area contributed by atoms with Crippen molar-refractivity contribution in [2.75, 3.05) is 19.6 Å². The molecule has 0 radical (unpaired) electrons. The lowest BCUT2D eigenvalue weighted by molar-refractivity contribution is -0.137. The van der Waals surface area contributed by atoms with E-state index in [4.69, 9.17) is 0 Å². The molecule has 4 heteroatoms. The van der Waals surface area contributed by atoms with Gasteiger partial charge < -0.3 is 10.0 Å². The molecular formula is C29H44N2O2. The highest BCUT2D eigenvalue weighted by Gasteiger charge is 2.41. The van der Waals surface area contributed by atoms with Gasteiger partial charge in [-0.15, -0.1) is 0 Å². The van der Waals surface area contributed by atoms with E-state index in [1.165, 1.54) is 82.6 Å². The molecule has 0 spiro atoms. The van der Waals surface area contributed by atoms with Gasteiger partial charge in [0.15, 0.2) is 0 Å². The van der Waals surface area contributed by atoms with Crippen molar-refractivity contribution in [1.82, 2.24) is 9.80 Å². The Labute approximate surface area is 200 Å². The van der Waals surface area contributed by atoms with E-state index in [0.29, 0.717) is 29.7 Å². The van der Waals surface area contributed by atoms with Crippen molar-refractivity contribution < 1.29 is 9.90 Å². The molecular weight excluding hydrogens is 408 g/mol. The molecule has 4 fully saturated rings. The van der Waals surface area contributed by atoms with E-state index in [0.717, 1.165) is 38.4 Å². The molecule has 2 saturated heterocycles. The normalized spacial score (nSPS) is 29.3.